The number of nitrogens with one attached hydrogen (secondary N) is 1. The van der Waals surface area contributed by atoms with Gasteiger partial charge in [0.05, 0.1) is 20.3 Å². The largest absolute Gasteiger partial charge is 0.497 e. The van der Waals surface area contributed by atoms with Crippen molar-refractivity contribution in [2.75, 3.05) is 79.6 Å². The van der Waals surface area contributed by atoms with Crippen LogP contribution in [0.2, 0.25) is 0 Å². The van der Waals surface area contributed by atoms with Crippen LogP contribution in [0.15, 0.2) is 48.5 Å². The number of nitrogens with zero attached hydrogens (tertiary/aromatic N) is 6. The van der Waals surface area contributed by atoms with Gasteiger partial charge in [-0.2, -0.15) is 15.0 Å². The average Bonchev–Trinajstić information content (AvgIpc) is 2.90. The number of halogens is 1. The topological polar surface area (TPSA) is 78.9 Å². The molecular weight excluding hydrogens is 437 g/mol. The van der Waals surface area contributed by atoms with Crippen molar-refractivity contribution < 1.29 is 13.9 Å². The number of hydrogen-bond donors (Lipinski definition) is 1. The predicted molar refractivity (Wildman–Crippen MR) is 130 cm³/mol. The van der Waals surface area contributed by atoms with Gasteiger partial charge >= 0.3 is 0 Å². The first-order chi connectivity index (χ1) is 16.7. The van der Waals surface area contributed by atoms with E-state index in [1.165, 1.54) is 17.8 Å². The average molecular weight is 466 g/mol. The van der Waals surface area contributed by atoms with E-state index in [1.807, 2.05) is 12.1 Å². The second-order valence-electron chi connectivity index (χ2n) is 8.16. The molecule has 9 nitrogen and oxygen atoms in total. The van der Waals surface area contributed by atoms with Crippen molar-refractivity contribution in [3.63, 3.8) is 0 Å². The number of hydrogen-bond acceptors (Lipinski definition) is 9. The lowest BCUT2D eigenvalue weighted by Gasteiger charge is -2.36. The van der Waals surface area contributed by atoms with Crippen LogP contribution in [-0.2, 0) is 4.74 Å². The zero-order valence-electron chi connectivity index (χ0n) is 19.2. The summed E-state index contributed by atoms with van der Waals surface area (Å²) in [7, 11) is 1.67. The maximum absolute atomic E-state index is 13.3. The molecule has 0 bridgehead atoms. The number of ether oxygens (including phenoxy) is 2. The van der Waals surface area contributed by atoms with Crippen LogP contribution in [0, 0.1) is 5.82 Å². The molecular formula is C24H28FN7O2. The molecule has 10 heteroatoms. The zero-order chi connectivity index (χ0) is 23.3. The highest BCUT2D eigenvalue weighted by Crippen LogP contribution is 2.24. The SMILES string of the molecule is COc1ccc(N2CCN(c3nc(Nc4ccc(F)cc4)nc(N4CCOCC4)n3)CC2)cc1. The first-order valence-electron chi connectivity index (χ1n) is 11.4. The Morgan fingerprint density at radius 3 is 1.97 bits per heavy atom. The van der Waals surface area contributed by atoms with E-state index in [9.17, 15) is 4.39 Å². The molecule has 0 spiro atoms. The maximum Gasteiger partial charge on any atom is 0.233 e. The monoisotopic (exact) mass is 465 g/mol. The van der Waals surface area contributed by atoms with E-state index >= 15 is 0 Å². The van der Waals surface area contributed by atoms with E-state index in [4.69, 9.17) is 19.4 Å². The van der Waals surface area contributed by atoms with Crippen LogP contribution in [0.1, 0.15) is 0 Å². The van der Waals surface area contributed by atoms with Crippen LogP contribution < -0.4 is 24.8 Å². The molecule has 0 atom stereocenters. The lowest BCUT2D eigenvalue weighted by atomic mass is 10.2. The van der Waals surface area contributed by atoms with Crippen LogP contribution in [0.3, 0.4) is 0 Å². The second kappa shape index (κ2) is 10.1. The van der Waals surface area contributed by atoms with Gasteiger partial charge in [-0.15, -0.1) is 0 Å². The highest BCUT2D eigenvalue weighted by Gasteiger charge is 2.23. The molecule has 178 valence electrons. The second-order valence-corrected chi connectivity index (χ2v) is 8.16. The number of anilines is 5. The zero-order valence-corrected chi connectivity index (χ0v) is 19.2. The molecule has 3 aromatic rings. The van der Waals surface area contributed by atoms with Gasteiger partial charge in [-0.05, 0) is 48.5 Å². The molecule has 2 aromatic carbocycles. The first kappa shape index (κ1) is 22.1. The Kier molecular flexibility index (Phi) is 6.57. The van der Waals surface area contributed by atoms with E-state index in [2.05, 4.69) is 37.1 Å². The van der Waals surface area contributed by atoms with Crippen molar-refractivity contribution >= 4 is 29.2 Å². The van der Waals surface area contributed by atoms with Crippen LogP contribution in [0.25, 0.3) is 0 Å². The van der Waals surface area contributed by atoms with Gasteiger partial charge in [-0.1, -0.05) is 0 Å². The van der Waals surface area contributed by atoms with Crippen molar-refractivity contribution in [3.05, 3.63) is 54.3 Å². The van der Waals surface area contributed by atoms with E-state index < -0.39 is 0 Å². The summed E-state index contributed by atoms with van der Waals surface area (Å²) >= 11 is 0. The quantitative estimate of drug-likeness (QED) is 0.591. The van der Waals surface area contributed by atoms with Gasteiger partial charge in [0.15, 0.2) is 0 Å². The highest BCUT2D eigenvalue weighted by atomic mass is 19.1. The number of methoxy groups -OCH3 is 1. The molecule has 2 fully saturated rings. The summed E-state index contributed by atoms with van der Waals surface area (Å²) in [5.74, 6) is 2.26. The Bertz CT molecular complexity index is 1080. The Hall–Kier alpha value is -3.66. The summed E-state index contributed by atoms with van der Waals surface area (Å²) in [5, 5.41) is 3.20. The highest BCUT2D eigenvalue weighted by molar-refractivity contribution is 5.57. The van der Waals surface area contributed by atoms with Crippen molar-refractivity contribution in [3.8, 4) is 5.75 Å². The van der Waals surface area contributed by atoms with E-state index in [0.29, 0.717) is 31.1 Å². The predicted octanol–water partition coefficient (Wildman–Crippen LogP) is 2.93. The summed E-state index contributed by atoms with van der Waals surface area (Å²) in [5.41, 5.74) is 1.89. The summed E-state index contributed by atoms with van der Waals surface area (Å²) in [6.45, 7) is 6.01. The van der Waals surface area contributed by atoms with E-state index in [1.54, 1.807) is 19.2 Å². The minimum absolute atomic E-state index is 0.286. The molecule has 0 aliphatic carbocycles. The molecule has 0 unspecified atom stereocenters. The van der Waals surface area contributed by atoms with Crippen molar-refractivity contribution in [1.82, 2.24) is 15.0 Å². The fourth-order valence-electron chi connectivity index (χ4n) is 4.08. The maximum atomic E-state index is 13.3. The standard InChI is InChI=1S/C24H28FN7O2/c1-33-21-8-6-20(7-9-21)30-10-12-31(13-11-30)23-27-22(26-19-4-2-18(25)3-5-19)28-24(29-23)32-14-16-34-17-15-32/h2-9H,10-17H2,1H3,(H,26,27,28,29). The molecule has 0 radical (unpaired) electrons. The van der Waals surface area contributed by atoms with Gasteiger partial charge in [0.25, 0.3) is 0 Å². The van der Waals surface area contributed by atoms with Gasteiger partial charge in [0, 0.05) is 50.6 Å². The van der Waals surface area contributed by atoms with Crippen molar-refractivity contribution in [2.45, 2.75) is 0 Å². The number of aromatic nitrogens is 3. The van der Waals surface area contributed by atoms with E-state index in [-0.39, 0.29) is 5.82 Å². The molecule has 2 aliphatic rings. The number of benzene rings is 2. The number of piperazine rings is 1. The van der Waals surface area contributed by atoms with Crippen LogP contribution in [-0.4, -0.2) is 74.5 Å². The summed E-state index contributed by atoms with van der Waals surface area (Å²) < 4.78 is 24.1. The molecule has 2 aliphatic heterocycles. The Balaban J connectivity index is 1.34. The molecule has 3 heterocycles. The molecule has 1 N–H and O–H groups in total. The Labute approximate surface area is 198 Å². The third-order valence-corrected chi connectivity index (χ3v) is 6.01. The van der Waals surface area contributed by atoms with Crippen molar-refractivity contribution in [1.29, 1.82) is 0 Å². The Morgan fingerprint density at radius 2 is 1.35 bits per heavy atom. The van der Waals surface area contributed by atoms with Crippen LogP contribution in [0.5, 0.6) is 5.75 Å². The number of rotatable bonds is 6. The fraction of sp³-hybridized carbons (Fsp3) is 0.375. The third kappa shape index (κ3) is 5.12. The van der Waals surface area contributed by atoms with Gasteiger partial charge in [-0.3, -0.25) is 0 Å². The minimum Gasteiger partial charge on any atom is -0.497 e. The number of morpholine rings is 1. The molecule has 34 heavy (non-hydrogen) atoms. The van der Waals surface area contributed by atoms with Crippen LogP contribution in [0.4, 0.5) is 33.6 Å². The van der Waals surface area contributed by atoms with Gasteiger partial charge in [-0.25, -0.2) is 4.39 Å². The minimum atomic E-state index is -0.286. The van der Waals surface area contributed by atoms with Crippen LogP contribution >= 0.6 is 0 Å². The summed E-state index contributed by atoms with van der Waals surface area (Å²) in [6, 6.07) is 14.3. The van der Waals surface area contributed by atoms with Gasteiger partial charge in [0.1, 0.15) is 11.6 Å². The normalized spacial score (nSPS) is 16.5. The molecule has 0 saturated carbocycles. The fourth-order valence-corrected chi connectivity index (χ4v) is 4.08. The van der Waals surface area contributed by atoms with Gasteiger partial charge < -0.3 is 29.5 Å². The van der Waals surface area contributed by atoms with Gasteiger partial charge in [0.2, 0.25) is 17.8 Å². The molecule has 5 rings (SSSR count). The first-order valence-corrected chi connectivity index (χ1v) is 11.4. The molecule has 2 saturated heterocycles. The summed E-state index contributed by atoms with van der Waals surface area (Å²) in [4.78, 5) is 20.8. The third-order valence-electron chi connectivity index (χ3n) is 6.01. The van der Waals surface area contributed by atoms with Crippen molar-refractivity contribution in [2.24, 2.45) is 0 Å². The Morgan fingerprint density at radius 1 is 0.765 bits per heavy atom. The lowest BCUT2D eigenvalue weighted by molar-refractivity contribution is 0.122. The summed E-state index contributed by atoms with van der Waals surface area (Å²) in [6.07, 6.45) is 0. The lowest BCUT2D eigenvalue weighted by Crippen LogP contribution is -2.47. The smallest absolute Gasteiger partial charge is 0.233 e. The molecule has 0 amide bonds. The molecule has 1 aromatic heterocycles. The van der Waals surface area contributed by atoms with E-state index in [0.717, 1.165) is 50.7 Å².